The van der Waals surface area contributed by atoms with Gasteiger partial charge in [-0.1, -0.05) is 0 Å². The predicted octanol–water partition coefficient (Wildman–Crippen LogP) is 4.39. The number of alkyl halides is 5. The number of halogens is 5. The number of carbonyl (C=O) groups excluding carboxylic acids is 1. The summed E-state index contributed by atoms with van der Waals surface area (Å²) in [6, 6.07) is 0. The molecule has 0 saturated heterocycles. The summed E-state index contributed by atoms with van der Waals surface area (Å²) in [6.07, 6.45) is -3.68. The van der Waals surface area contributed by atoms with E-state index in [1.165, 1.54) is 6.92 Å². The van der Waals surface area contributed by atoms with Crippen LogP contribution in [0.2, 0.25) is 0 Å². The first kappa shape index (κ1) is 17.7. The zero-order valence-electron chi connectivity index (χ0n) is 14.2. The highest BCUT2D eigenvalue weighted by Crippen LogP contribution is 2.68. The summed E-state index contributed by atoms with van der Waals surface area (Å²) in [7, 11) is 0. The van der Waals surface area contributed by atoms with Crippen molar-refractivity contribution >= 4 is 5.97 Å². The SMILES string of the molecule is CCOC(=O)c1c(C(F)(F)F)c(C2CC2)nn1CC12CC1CC(F)(F)C2. The second-order valence-corrected chi connectivity index (χ2v) is 7.76. The molecule has 4 rings (SSSR count). The van der Waals surface area contributed by atoms with Gasteiger partial charge in [0.1, 0.15) is 5.56 Å². The van der Waals surface area contributed by atoms with E-state index in [-0.39, 0.29) is 43.5 Å². The van der Waals surface area contributed by atoms with Crippen LogP contribution in [-0.4, -0.2) is 28.3 Å². The first-order chi connectivity index (χ1) is 12.1. The van der Waals surface area contributed by atoms with Crippen LogP contribution in [-0.2, 0) is 17.5 Å². The molecule has 0 radical (unpaired) electrons. The quantitative estimate of drug-likeness (QED) is 0.564. The van der Waals surface area contributed by atoms with Gasteiger partial charge >= 0.3 is 12.1 Å². The normalized spacial score (nSPS) is 29.5. The van der Waals surface area contributed by atoms with Gasteiger partial charge in [-0.25, -0.2) is 13.6 Å². The van der Waals surface area contributed by atoms with Crippen molar-refractivity contribution in [3.05, 3.63) is 17.0 Å². The highest BCUT2D eigenvalue weighted by atomic mass is 19.4. The zero-order chi connectivity index (χ0) is 18.9. The summed E-state index contributed by atoms with van der Waals surface area (Å²) >= 11 is 0. The molecule has 2 unspecified atom stereocenters. The Bertz CT molecular complexity index is 753. The average molecular weight is 378 g/mol. The maximum atomic E-state index is 13.7. The van der Waals surface area contributed by atoms with E-state index >= 15 is 0 Å². The number of aromatic nitrogens is 2. The third kappa shape index (κ3) is 2.89. The summed E-state index contributed by atoms with van der Waals surface area (Å²) in [5.41, 5.74) is -2.62. The van der Waals surface area contributed by atoms with E-state index in [4.69, 9.17) is 4.74 Å². The van der Waals surface area contributed by atoms with Gasteiger partial charge in [-0.3, -0.25) is 4.68 Å². The maximum absolute atomic E-state index is 13.7. The van der Waals surface area contributed by atoms with Crippen LogP contribution in [0, 0.1) is 11.3 Å². The fourth-order valence-corrected chi connectivity index (χ4v) is 4.36. The Hall–Kier alpha value is -1.67. The lowest BCUT2D eigenvalue weighted by molar-refractivity contribution is -0.138. The standard InChI is InChI=1S/C17H19F5N2O2/c1-2-26-14(25)13-11(17(20,21)22)12(9-3-4-9)23-24(13)8-15-5-10(15)6-16(18,19)7-15/h9-10H,2-8H2,1H3. The van der Waals surface area contributed by atoms with Crippen LogP contribution < -0.4 is 0 Å². The first-order valence-electron chi connectivity index (χ1n) is 8.79. The van der Waals surface area contributed by atoms with Crippen molar-refractivity contribution in [2.75, 3.05) is 6.61 Å². The molecule has 0 spiro atoms. The lowest BCUT2D eigenvalue weighted by Crippen LogP contribution is -2.23. The van der Waals surface area contributed by atoms with Crippen LogP contribution in [0.5, 0.6) is 0 Å². The molecule has 3 saturated carbocycles. The molecule has 2 atom stereocenters. The van der Waals surface area contributed by atoms with Crippen molar-refractivity contribution < 1.29 is 31.5 Å². The van der Waals surface area contributed by atoms with Crippen LogP contribution in [0.25, 0.3) is 0 Å². The van der Waals surface area contributed by atoms with Gasteiger partial charge in [0.05, 0.1) is 12.3 Å². The van der Waals surface area contributed by atoms with E-state index in [0.29, 0.717) is 19.3 Å². The first-order valence-corrected chi connectivity index (χ1v) is 8.79. The number of carbonyl (C=O) groups is 1. The maximum Gasteiger partial charge on any atom is 0.420 e. The molecule has 0 bridgehead atoms. The molecule has 144 valence electrons. The van der Waals surface area contributed by atoms with Crippen molar-refractivity contribution in [3.63, 3.8) is 0 Å². The summed E-state index contributed by atoms with van der Waals surface area (Å²) < 4.78 is 74.2. The Morgan fingerprint density at radius 2 is 2.00 bits per heavy atom. The lowest BCUT2D eigenvalue weighted by Gasteiger charge is -2.17. The molecule has 0 N–H and O–H groups in total. The van der Waals surface area contributed by atoms with Gasteiger partial charge in [-0.2, -0.15) is 18.3 Å². The van der Waals surface area contributed by atoms with Crippen LogP contribution in [0.4, 0.5) is 22.0 Å². The van der Waals surface area contributed by atoms with Crippen LogP contribution >= 0.6 is 0 Å². The topological polar surface area (TPSA) is 44.1 Å². The number of nitrogens with zero attached hydrogens (tertiary/aromatic N) is 2. The second-order valence-electron chi connectivity index (χ2n) is 7.76. The van der Waals surface area contributed by atoms with Crippen molar-refractivity contribution in [2.24, 2.45) is 11.3 Å². The fraction of sp³-hybridized carbons (Fsp3) is 0.765. The Kier molecular flexibility index (Phi) is 3.70. The molecule has 1 heterocycles. The minimum absolute atomic E-state index is 0.0775. The van der Waals surface area contributed by atoms with Gasteiger partial charge in [-0.15, -0.1) is 0 Å². The van der Waals surface area contributed by atoms with Crippen molar-refractivity contribution in [1.29, 1.82) is 0 Å². The lowest BCUT2D eigenvalue weighted by atomic mass is 10.0. The van der Waals surface area contributed by atoms with E-state index in [2.05, 4.69) is 5.10 Å². The molecule has 0 amide bonds. The summed E-state index contributed by atoms with van der Waals surface area (Å²) in [5, 5.41) is 4.08. The molecule has 1 aromatic rings. The Labute approximate surface area is 146 Å². The number of rotatable bonds is 5. The van der Waals surface area contributed by atoms with Crippen molar-refractivity contribution in [1.82, 2.24) is 9.78 Å². The van der Waals surface area contributed by atoms with Crippen molar-refractivity contribution in [3.8, 4) is 0 Å². The largest absolute Gasteiger partial charge is 0.461 e. The molecule has 9 heteroatoms. The highest BCUT2D eigenvalue weighted by Gasteiger charge is 2.67. The zero-order valence-corrected chi connectivity index (χ0v) is 14.2. The smallest absolute Gasteiger partial charge is 0.420 e. The third-order valence-corrected chi connectivity index (χ3v) is 5.68. The Balaban J connectivity index is 1.75. The summed E-state index contributed by atoms with van der Waals surface area (Å²) in [4.78, 5) is 12.3. The van der Waals surface area contributed by atoms with Crippen LogP contribution in [0.1, 0.15) is 66.7 Å². The second kappa shape index (κ2) is 5.42. The van der Waals surface area contributed by atoms with Crippen LogP contribution in [0.3, 0.4) is 0 Å². The van der Waals surface area contributed by atoms with E-state index in [9.17, 15) is 26.7 Å². The highest BCUT2D eigenvalue weighted by molar-refractivity contribution is 5.90. The van der Waals surface area contributed by atoms with Gasteiger partial charge < -0.3 is 4.74 Å². The van der Waals surface area contributed by atoms with Gasteiger partial charge in [0.25, 0.3) is 0 Å². The predicted molar refractivity (Wildman–Crippen MR) is 79.9 cm³/mol. The summed E-state index contributed by atoms with van der Waals surface area (Å²) in [5.74, 6) is -4.46. The third-order valence-electron chi connectivity index (χ3n) is 5.68. The number of esters is 1. The van der Waals surface area contributed by atoms with Gasteiger partial charge in [0.15, 0.2) is 5.69 Å². The Morgan fingerprint density at radius 3 is 2.50 bits per heavy atom. The molecule has 4 nitrogen and oxygen atoms in total. The van der Waals surface area contributed by atoms with E-state index in [1.807, 2.05) is 0 Å². The monoisotopic (exact) mass is 378 g/mol. The molecule has 26 heavy (non-hydrogen) atoms. The number of ether oxygens (including phenoxy) is 1. The van der Waals surface area contributed by atoms with Gasteiger partial charge in [0.2, 0.25) is 5.92 Å². The molecule has 1 aromatic heterocycles. The van der Waals surface area contributed by atoms with Gasteiger partial charge in [0, 0.05) is 25.3 Å². The molecular formula is C17H19F5N2O2. The summed E-state index contributed by atoms with van der Waals surface area (Å²) in [6.45, 7) is 1.32. The van der Waals surface area contributed by atoms with Crippen molar-refractivity contribution in [2.45, 2.75) is 63.6 Å². The molecule has 3 fully saturated rings. The minimum atomic E-state index is -4.75. The minimum Gasteiger partial charge on any atom is -0.461 e. The fourth-order valence-electron chi connectivity index (χ4n) is 4.36. The molecule has 0 aromatic carbocycles. The van der Waals surface area contributed by atoms with Crippen LogP contribution in [0.15, 0.2) is 0 Å². The Morgan fingerprint density at radius 1 is 1.31 bits per heavy atom. The molecular weight excluding hydrogens is 359 g/mol. The average Bonchev–Trinajstić information content (AvgIpc) is 3.37. The van der Waals surface area contributed by atoms with Gasteiger partial charge in [-0.05, 0) is 37.5 Å². The number of hydrogen-bond acceptors (Lipinski definition) is 3. The molecule has 3 aliphatic carbocycles. The number of fused-ring (bicyclic) bond motifs is 1. The number of hydrogen-bond donors (Lipinski definition) is 0. The van der Waals surface area contributed by atoms with E-state index in [0.717, 1.165) is 4.68 Å². The van der Waals surface area contributed by atoms with E-state index < -0.39 is 34.7 Å². The molecule has 0 aliphatic heterocycles. The molecule has 3 aliphatic rings. The van der Waals surface area contributed by atoms with E-state index in [1.54, 1.807) is 0 Å².